The first-order valence-corrected chi connectivity index (χ1v) is 5.87. The number of hydrogen-bond acceptors (Lipinski definition) is 3. The van der Waals surface area contributed by atoms with Crippen molar-refractivity contribution >= 4 is 5.91 Å². The molecule has 1 heterocycles. The summed E-state index contributed by atoms with van der Waals surface area (Å²) < 4.78 is 41.3. The van der Waals surface area contributed by atoms with Crippen molar-refractivity contribution in [1.29, 1.82) is 0 Å². The van der Waals surface area contributed by atoms with Gasteiger partial charge in [-0.2, -0.15) is 13.2 Å². The summed E-state index contributed by atoms with van der Waals surface area (Å²) in [6, 6.07) is 0. The number of halogens is 3. The molecule has 4 nitrogen and oxygen atoms in total. The summed E-state index contributed by atoms with van der Waals surface area (Å²) in [7, 11) is 0. The first-order chi connectivity index (χ1) is 8.19. The first kappa shape index (κ1) is 15.2. The maximum atomic E-state index is 12.0. The third-order valence-electron chi connectivity index (χ3n) is 2.66. The third-order valence-corrected chi connectivity index (χ3v) is 2.66. The summed E-state index contributed by atoms with van der Waals surface area (Å²) in [4.78, 5) is 12.8. The van der Waals surface area contributed by atoms with E-state index in [0.29, 0.717) is 0 Å². The smallest absolute Gasteiger partial charge is 0.388 e. The quantitative estimate of drug-likeness (QED) is 0.837. The Morgan fingerprint density at radius 2 is 2.06 bits per heavy atom. The zero-order chi connectivity index (χ0) is 13.9. The van der Waals surface area contributed by atoms with Gasteiger partial charge in [-0.15, -0.1) is 0 Å². The van der Waals surface area contributed by atoms with Gasteiger partial charge in [0, 0.05) is 19.5 Å². The van der Waals surface area contributed by atoms with E-state index in [0.717, 1.165) is 0 Å². The second kappa shape index (κ2) is 5.88. The Morgan fingerprint density at radius 1 is 1.44 bits per heavy atom. The predicted octanol–water partition coefficient (Wildman–Crippen LogP) is 1.33. The van der Waals surface area contributed by atoms with Crippen LogP contribution in [-0.4, -0.2) is 53.5 Å². The number of nitrogens with zero attached hydrogens (tertiary/aromatic N) is 1. The Hall–Kier alpha value is -0.820. The van der Waals surface area contributed by atoms with Crippen molar-refractivity contribution in [2.45, 2.75) is 51.2 Å². The topological polar surface area (TPSA) is 49.8 Å². The van der Waals surface area contributed by atoms with E-state index in [4.69, 9.17) is 4.74 Å². The minimum Gasteiger partial charge on any atom is -0.388 e. The number of hydrogen-bond donors (Lipinski definition) is 1. The second-order valence-electron chi connectivity index (χ2n) is 4.70. The molecule has 0 aromatic heterocycles. The van der Waals surface area contributed by atoms with Crippen LogP contribution in [0.2, 0.25) is 0 Å². The molecule has 1 aliphatic rings. The number of ether oxygens (including phenoxy) is 1. The lowest BCUT2D eigenvalue weighted by Crippen LogP contribution is -2.31. The van der Waals surface area contributed by atoms with Crippen LogP contribution in [0.25, 0.3) is 0 Å². The van der Waals surface area contributed by atoms with Gasteiger partial charge in [0.25, 0.3) is 0 Å². The zero-order valence-electron chi connectivity index (χ0n) is 10.4. The average molecular weight is 269 g/mol. The monoisotopic (exact) mass is 269 g/mol. The molecule has 0 unspecified atom stereocenters. The van der Waals surface area contributed by atoms with Crippen LogP contribution in [0.3, 0.4) is 0 Å². The van der Waals surface area contributed by atoms with Crippen molar-refractivity contribution in [3.63, 3.8) is 0 Å². The van der Waals surface area contributed by atoms with Crippen LogP contribution in [0.1, 0.15) is 26.7 Å². The van der Waals surface area contributed by atoms with Gasteiger partial charge >= 0.3 is 6.18 Å². The predicted molar refractivity (Wildman–Crippen MR) is 57.9 cm³/mol. The lowest BCUT2D eigenvalue weighted by Gasteiger charge is -2.18. The van der Waals surface area contributed by atoms with Crippen molar-refractivity contribution in [2.75, 3.05) is 13.1 Å². The fourth-order valence-corrected chi connectivity index (χ4v) is 1.85. The number of β-amino-alcohol motifs (C(OH)–C–C–N with tert-alkyl or cyclic N) is 1. The van der Waals surface area contributed by atoms with Crippen LogP contribution in [-0.2, 0) is 9.53 Å². The molecule has 0 saturated carbocycles. The standard InChI is InChI=1S/C11H18F3NO3/c1-7(2)18-9-6-15(5-8(9)16)10(17)3-4-11(12,13)14/h7-9,16H,3-6H2,1-2H3/t8-,9-/m0/s1. The molecule has 2 atom stereocenters. The van der Waals surface area contributed by atoms with Gasteiger partial charge in [0.1, 0.15) is 6.10 Å². The van der Waals surface area contributed by atoms with Crippen LogP contribution in [0.15, 0.2) is 0 Å². The van der Waals surface area contributed by atoms with Gasteiger partial charge in [0.15, 0.2) is 0 Å². The molecule has 1 fully saturated rings. The Labute approximate surface area is 104 Å². The van der Waals surface area contributed by atoms with Gasteiger partial charge in [0.2, 0.25) is 5.91 Å². The van der Waals surface area contributed by atoms with Crippen LogP contribution in [0.5, 0.6) is 0 Å². The van der Waals surface area contributed by atoms with Crippen molar-refractivity contribution in [1.82, 2.24) is 4.90 Å². The van der Waals surface area contributed by atoms with Crippen molar-refractivity contribution in [3.05, 3.63) is 0 Å². The average Bonchev–Trinajstić information content (AvgIpc) is 2.55. The number of carbonyl (C=O) groups is 1. The van der Waals surface area contributed by atoms with E-state index in [1.54, 1.807) is 13.8 Å². The van der Waals surface area contributed by atoms with E-state index >= 15 is 0 Å². The molecule has 18 heavy (non-hydrogen) atoms. The Morgan fingerprint density at radius 3 is 2.56 bits per heavy atom. The highest BCUT2D eigenvalue weighted by Crippen LogP contribution is 2.23. The van der Waals surface area contributed by atoms with Gasteiger partial charge in [0.05, 0.1) is 18.6 Å². The zero-order valence-corrected chi connectivity index (χ0v) is 10.4. The number of rotatable bonds is 4. The summed E-state index contributed by atoms with van der Waals surface area (Å²) in [5.74, 6) is -0.596. The number of aliphatic hydroxyl groups is 1. The molecular weight excluding hydrogens is 251 g/mol. The molecule has 0 spiro atoms. The highest BCUT2D eigenvalue weighted by molar-refractivity contribution is 5.76. The largest absolute Gasteiger partial charge is 0.389 e. The van der Waals surface area contributed by atoms with Gasteiger partial charge < -0.3 is 14.7 Å². The third kappa shape index (κ3) is 4.81. The summed E-state index contributed by atoms with van der Waals surface area (Å²) in [5.41, 5.74) is 0. The molecule has 0 bridgehead atoms. The fourth-order valence-electron chi connectivity index (χ4n) is 1.85. The molecule has 1 amide bonds. The highest BCUT2D eigenvalue weighted by Gasteiger charge is 2.36. The Balaban J connectivity index is 2.42. The molecule has 0 aromatic carbocycles. The van der Waals surface area contributed by atoms with Gasteiger partial charge in [-0.1, -0.05) is 0 Å². The summed E-state index contributed by atoms with van der Waals surface area (Å²) in [5, 5.41) is 9.64. The van der Waals surface area contributed by atoms with Crippen molar-refractivity contribution in [3.8, 4) is 0 Å². The van der Waals surface area contributed by atoms with Crippen molar-refractivity contribution in [2.24, 2.45) is 0 Å². The van der Waals surface area contributed by atoms with E-state index in [-0.39, 0.29) is 19.2 Å². The van der Waals surface area contributed by atoms with E-state index in [9.17, 15) is 23.1 Å². The van der Waals surface area contributed by atoms with E-state index < -0.39 is 37.1 Å². The fraction of sp³-hybridized carbons (Fsp3) is 0.909. The minimum atomic E-state index is -4.33. The van der Waals surface area contributed by atoms with Crippen LogP contribution in [0, 0.1) is 0 Å². The minimum absolute atomic E-state index is 0.0358. The first-order valence-electron chi connectivity index (χ1n) is 5.87. The van der Waals surface area contributed by atoms with Gasteiger partial charge in [-0.3, -0.25) is 4.79 Å². The number of amides is 1. The molecule has 1 aliphatic heterocycles. The molecule has 0 aromatic rings. The maximum absolute atomic E-state index is 12.0. The highest BCUT2D eigenvalue weighted by atomic mass is 19.4. The summed E-state index contributed by atoms with van der Waals surface area (Å²) in [6.45, 7) is 3.77. The van der Waals surface area contributed by atoms with Crippen LogP contribution >= 0.6 is 0 Å². The van der Waals surface area contributed by atoms with E-state index in [1.165, 1.54) is 4.90 Å². The molecule has 7 heteroatoms. The Kier molecular flexibility index (Phi) is 4.98. The normalized spacial score (nSPS) is 24.9. The molecular formula is C11H18F3NO3. The Bertz CT molecular complexity index is 294. The molecule has 106 valence electrons. The number of alkyl halides is 3. The van der Waals surface area contributed by atoms with Crippen LogP contribution in [0.4, 0.5) is 13.2 Å². The number of carbonyl (C=O) groups excluding carboxylic acids is 1. The lowest BCUT2D eigenvalue weighted by atomic mass is 10.2. The number of aliphatic hydroxyl groups excluding tert-OH is 1. The van der Waals surface area contributed by atoms with E-state index in [1.807, 2.05) is 0 Å². The lowest BCUT2D eigenvalue weighted by molar-refractivity contribution is -0.148. The second-order valence-corrected chi connectivity index (χ2v) is 4.70. The maximum Gasteiger partial charge on any atom is 0.389 e. The SMILES string of the molecule is CC(C)O[C@H]1CN(C(=O)CCC(F)(F)F)C[C@@H]1O. The molecule has 0 radical (unpaired) electrons. The van der Waals surface area contributed by atoms with E-state index in [2.05, 4.69) is 0 Å². The van der Waals surface area contributed by atoms with Gasteiger partial charge in [-0.25, -0.2) is 0 Å². The molecule has 1 N–H and O–H groups in total. The summed E-state index contributed by atoms with van der Waals surface area (Å²) >= 11 is 0. The number of likely N-dealkylation sites (tertiary alicyclic amines) is 1. The molecule has 0 aliphatic carbocycles. The molecule has 1 rings (SSSR count). The van der Waals surface area contributed by atoms with Crippen molar-refractivity contribution < 1.29 is 27.8 Å². The van der Waals surface area contributed by atoms with Gasteiger partial charge in [-0.05, 0) is 13.8 Å². The summed E-state index contributed by atoms with van der Waals surface area (Å²) in [6.07, 6.45) is -7.49. The molecule has 1 saturated heterocycles. The van der Waals surface area contributed by atoms with Crippen LogP contribution < -0.4 is 0 Å².